The number of rotatable bonds is 1. The summed E-state index contributed by atoms with van der Waals surface area (Å²) in [5, 5.41) is 2.49. The van der Waals surface area contributed by atoms with E-state index < -0.39 is 0 Å². The summed E-state index contributed by atoms with van der Waals surface area (Å²) in [5.41, 5.74) is 0. The third kappa shape index (κ3) is 3.70. The average molecular weight is 321 g/mol. The molecule has 0 radical (unpaired) electrons. The maximum absolute atomic E-state index is 12.2. The van der Waals surface area contributed by atoms with Crippen LogP contribution in [-0.4, -0.2) is 52.5 Å². The second-order valence-electron chi connectivity index (χ2n) is 7.70. The van der Waals surface area contributed by atoms with E-state index in [0.717, 1.165) is 18.9 Å². The van der Waals surface area contributed by atoms with Gasteiger partial charge in [0.15, 0.2) is 0 Å². The highest BCUT2D eigenvalue weighted by atomic mass is 16.2. The Morgan fingerprint density at radius 3 is 2.39 bits per heavy atom. The highest BCUT2D eigenvalue weighted by Crippen LogP contribution is 2.32. The fraction of sp³-hybridized carbons (Fsp3) is 0.889. The zero-order chi connectivity index (χ0) is 16.4. The Bertz CT molecular complexity index is 454. The van der Waals surface area contributed by atoms with Crippen molar-refractivity contribution in [3.63, 3.8) is 0 Å². The number of urea groups is 1. The van der Waals surface area contributed by atoms with Gasteiger partial charge in [0.1, 0.15) is 0 Å². The van der Waals surface area contributed by atoms with Crippen molar-refractivity contribution < 1.29 is 9.59 Å². The summed E-state index contributed by atoms with van der Waals surface area (Å²) in [6.45, 7) is 5.29. The van der Waals surface area contributed by atoms with Crippen LogP contribution in [0.5, 0.6) is 0 Å². The Balaban J connectivity index is 1.71. The molecule has 3 heterocycles. The van der Waals surface area contributed by atoms with Gasteiger partial charge in [0.25, 0.3) is 0 Å². The number of nitrogens with one attached hydrogen (secondary N) is 1. The van der Waals surface area contributed by atoms with E-state index in [9.17, 15) is 9.59 Å². The Hall–Kier alpha value is -1.10. The number of carbonyl (C=O) groups excluding carboxylic acids is 2. The summed E-state index contributed by atoms with van der Waals surface area (Å²) >= 11 is 0. The van der Waals surface area contributed by atoms with Gasteiger partial charge in [0.2, 0.25) is 5.91 Å². The van der Waals surface area contributed by atoms with Gasteiger partial charge >= 0.3 is 6.03 Å². The van der Waals surface area contributed by atoms with Gasteiger partial charge < -0.3 is 4.90 Å². The van der Waals surface area contributed by atoms with Crippen molar-refractivity contribution in [1.82, 2.24) is 15.1 Å². The van der Waals surface area contributed by atoms with E-state index in [4.69, 9.17) is 0 Å². The van der Waals surface area contributed by atoms with Crippen LogP contribution in [0, 0.1) is 0 Å². The third-order valence-electron chi connectivity index (χ3n) is 6.06. The minimum absolute atomic E-state index is 0.133. The summed E-state index contributed by atoms with van der Waals surface area (Å²) in [4.78, 5) is 28.2. The number of hydrogen-bond acceptors (Lipinski definition) is 3. The van der Waals surface area contributed by atoms with E-state index in [-0.39, 0.29) is 18.0 Å². The van der Waals surface area contributed by atoms with Gasteiger partial charge in [-0.05, 0) is 52.4 Å². The molecule has 0 aromatic heterocycles. The molecule has 3 amide bonds. The van der Waals surface area contributed by atoms with Crippen LogP contribution >= 0.6 is 0 Å². The Kier molecular flexibility index (Phi) is 5.24. The fourth-order valence-corrected chi connectivity index (χ4v) is 5.00. The molecule has 23 heavy (non-hydrogen) atoms. The van der Waals surface area contributed by atoms with E-state index in [1.54, 1.807) is 0 Å². The number of nitrogens with zero attached hydrogens (tertiary/aromatic N) is 2. The zero-order valence-corrected chi connectivity index (χ0v) is 14.6. The molecule has 0 saturated carbocycles. The second-order valence-corrected chi connectivity index (χ2v) is 7.70. The van der Waals surface area contributed by atoms with E-state index in [0.29, 0.717) is 25.0 Å². The van der Waals surface area contributed by atoms with Crippen LogP contribution in [0.2, 0.25) is 0 Å². The Labute approximate surface area is 139 Å². The van der Waals surface area contributed by atoms with Gasteiger partial charge in [-0.15, -0.1) is 0 Å². The molecule has 130 valence electrons. The topological polar surface area (TPSA) is 52.7 Å². The van der Waals surface area contributed by atoms with Crippen LogP contribution in [0.4, 0.5) is 4.79 Å². The van der Waals surface area contributed by atoms with Gasteiger partial charge in [-0.1, -0.05) is 12.8 Å². The molecule has 3 rings (SSSR count). The number of fused-ring (bicyclic) bond motifs is 1. The van der Waals surface area contributed by atoms with Gasteiger partial charge in [0, 0.05) is 37.1 Å². The lowest BCUT2D eigenvalue weighted by Crippen LogP contribution is -2.56. The van der Waals surface area contributed by atoms with Gasteiger partial charge in [0.05, 0.1) is 0 Å². The predicted octanol–water partition coefficient (Wildman–Crippen LogP) is 2.89. The van der Waals surface area contributed by atoms with Crippen LogP contribution in [0.3, 0.4) is 0 Å². The molecule has 3 aliphatic heterocycles. The number of amides is 3. The summed E-state index contributed by atoms with van der Waals surface area (Å²) in [6, 6.07) is 1.96. The van der Waals surface area contributed by atoms with E-state index in [1.165, 1.54) is 38.5 Å². The predicted molar refractivity (Wildman–Crippen MR) is 90.1 cm³/mol. The number of hydrogen-bond donors (Lipinski definition) is 1. The zero-order valence-electron chi connectivity index (χ0n) is 14.6. The van der Waals surface area contributed by atoms with Gasteiger partial charge in [-0.25, -0.2) is 4.79 Å². The van der Waals surface area contributed by atoms with Gasteiger partial charge in [-0.2, -0.15) is 0 Å². The molecule has 0 bridgehead atoms. The van der Waals surface area contributed by atoms with Crippen molar-refractivity contribution in [2.24, 2.45) is 0 Å². The Morgan fingerprint density at radius 1 is 0.913 bits per heavy atom. The molecule has 0 aliphatic carbocycles. The van der Waals surface area contributed by atoms with Crippen LogP contribution < -0.4 is 5.32 Å². The molecule has 3 saturated heterocycles. The molecule has 4 atom stereocenters. The first-order valence-corrected chi connectivity index (χ1v) is 9.44. The summed E-state index contributed by atoms with van der Waals surface area (Å²) in [5.74, 6) is -0.133. The molecule has 3 aliphatic rings. The van der Waals surface area contributed by atoms with E-state index in [1.807, 2.05) is 4.90 Å². The van der Waals surface area contributed by atoms with E-state index >= 15 is 0 Å². The van der Waals surface area contributed by atoms with Crippen molar-refractivity contribution in [1.29, 1.82) is 0 Å². The number of carbonyl (C=O) groups is 2. The molecule has 1 N–H and O–H groups in total. The first-order chi connectivity index (χ1) is 11.1. The largest absolute Gasteiger partial charge is 0.324 e. The quantitative estimate of drug-likeness (QED) is 0.808. The molecular weight excluding hydrogens is 290 g/mol. The van der Waals surface area contributed by atoms with Crippen molar-refractivity contribution in [2.45, 2.75) is 95.8 Å². The third-order valence-corrected chi connectivity index (χ3v) is 6.06. The summed E-state index contributed by atoms with van der Waals surface area (Å²) in [6.07, 6.45) is 10.3. The Morgan fingerprint density at radius 2 is 1.61 bits per heavy atom. The fourth-order valence-electron chi connectivity index (χ4n) is 5.00. The maximum atomic E-state index is 12.2. The standard InChI is InChI=1S/C18H31N3O2/c1-13-6-3-4-7-15-8-5-9-16(12-14(2)21(13)15)20-11-10-17(22)19-18(20)23/h13-16H,3-12H2,1-2H3,(H,19,22,23). The van der Waals surface area contributed by atoms with Crippen molar-refractivity contribution in [2.75, 3.05) is 6.54 Å². The lowest BCUT2D eigenvalue weighted by molar-refractivity contribution is -0.121. The van der Waals surface area contributed by atoms with Crippen molar-refractivity contribution in [3.05, 3.63) is 0 Å². The van der Waals surface area contributed by atoms with Crippen molar-refractivity contribution in [3.8, 4) is 0 Å². The highest BCUT2D eigenvalue weighted by molar-refractivity contribution is 5.96. The average Bonchev–Trinajstić information content (AvgIpc) is 2.66. The summed E-state index contributed by atoms with van der Waals surface area (Å²) in [7, 11) is 0. The molecule has 5 heteroatoms. The van der Waals surface area contributed by atoms with Crippen LogP contribution in [0.25, 0.3) is 0 Å². The smallest absolute Gasteiger partial charge is 0.321 e. The molecule has 0 aromatic carbocycles. The lowest BCUT2D eigenvalue weighted by Gasteiger charge is -2.45. The highest BCUT2D eigenvalue weighted by Gasteiger charge is 2.36. The minimum atomic E-state index is -0.181. The maximum Gasteiger partial charge on any atom is 0.324 e. The normalized spacial score (nSPS) is 37.4. The van der Waals surface area contributed by atoms with Crippen LogP contribution in [0.15, 0.2) is 0 Å². The van der Waals surface area contributed by atoms with E-state index in [2.05, 4.69) is 24.1 Å². The van der Waals surface area contributed by atoms with Crippen molar-refractivity contribution >= 4 is 11.9 Å². The lowest BCUT2D eigenvalue weighted by atomic mass is 9.91. The first kappa shape index (κ1) is 16.7. The van der Waals surface area contributed by atoms with Gasteiger partial charge in [-0.3, -0.25) is 15.0 Å². The SMILES string of the molecule is CC1CCCCC2CCCC(N3CCC(=O)NC3=O)CC(C)N12. The molecule has 3 fully saturated rings. The van der Waals surface area contributed by atoms with Crippen LogP contribution in [0.1, 0.15) is 71.6 Å². The molecule has 4 unspecified atom stereocenters. The molecule has 0 aromatic rings. The molecular formula is C18H31N3O2. The van der Waals surface area contributed by atoms with Crippen LogP contribution in [-0.2, 0) is 4.79 Å². The molecule has 0 spiro atoms. The number of imide groups is 1. The minimum Gasteiger partial charge on any atom is -0.321 e. The molecule has 5 nitrogen and oxygen atoms in total. The monoisotopic (exact) mass is 321 g/mol. The summed E-state index contributed by atoms with van der Waals surface area (Å²) < 4.78 is 0. The second kappa shape index (κ2) is 7.20. The first-order valence-electron chi connectivity index (χ1n) is 9.44.